The Kier molecular flexibility index (Phi) is 3.38. The molecule has 2 nitrogen and oxygen atoms in total. The number of nitrogens with zero attached hydrogens (tertiary/aromatic N) is 2. The van der Waals surface area contributed by atoms with Crippen molar-refractivity contribution in [3.8, 4) is 12.1 Å². The fraction of sp³-hybridized carbons (Fsp3) is 0.875. The average Bonchev–Trinajstić information content (AvgIpc) is 3.46. The van der Waals surface area contributed by atoms with Crippen LogP contribution in [0.4, 0.5) is 0 Å². The zero-order chi connectivity index (χ0) is 17.6. The molecular weight excluding hydrogens is 316 g/mol. The third-order valence-electron chi connectivity index (χ3n) is 10.5. The summed E-state index contributed by atoms with van der Waals surface area (Å²) < 4.78 is 0. The highest BCUT2D eigenvalue weighted by atomic mass is 14.7. The van der Waals surface area contributed by atoms with Gasteiger partial charge in [0.1, 0.15) is 0 Å². The third kappa shape index (κ3) is 1.97. The highest BCUT2D eigenvalue weighted by Gasteiger charge is 2.61. The summed E-state index contributed by atoms with van der Waals surface area (Å²) in [7, 11) is 0. The maximum atomic E-state index is 9.38. The maximum absolute atomic E-state index is 9.38. The first-order chi connectivity index (χ1) is 12.7. The maximum Gasteiger partial charge on any atom is 0.0656 e. The van der Waals surface area contributed by atoms with Crippen LogP contribution >= 0.6 is 0 Å². The van der Waals surface area contributed by atoms with Crippen molar-refractivity contribution < 1.29 is 0 Å². The fourth-order valence-electron chi connectivity index (χ4n) is 9.67. The van der Waals surface area contributed by atoms with Gasteiger partial charge in [-0.25, -0.2) is 0 Å². The summed E-state index contributed by atoms with van der Waals surface area (Å²) in [6, 6.07) is 5.17. The summed E-state index contributed by atoms with van der Waals surface area (Å²) >= 11 is 0. The van der Waals surface area contributed by atoms with E-state index in [1.807, 2.05) is 5.92 Å². The summed E-state index contributed by atoms with van der Waals surface area (Å²) in [5.74, 6) is 11.5. The number of rotatable bonds is 2. The van der Waals surface area contributed by atoms with Crippen LogP contribution in [0.25, 0.3) is 0 Å². The van der Waals surface area contributed by atoms with Crippen LogP contribution < -0.4 is 0 Å². The van der Waals surface area contributed by atoms with Crippen molar-refractivity contribution in [1.29, 1.82) is 10.5 Å². The van der Waals surface area contributed by atoms with Gasteiger partial charge >= 0.3 is 0 Å². The molecule has 6 rings (SSSR count). The normalized spacial score (nSPS) is 58.8. The van der Waals surface area contributed by atoms with Crippen molar-refractivity contribution in [3.63, 3.8) is 0 Å². The summed E-state index contributed by atoms with van der Waals surface area (Å²) in [5.41, 5.74) is 0. The van der Waals surface area contributed by atoms with Gasteiger partial charge in [-0.3, -0.25) is 0 Å². The summed E-state index contributed by atoms with van der Waals surface area (Å²) in [6.45, 7) is 2.52. The Bertz CT molecular complexity index is 627. The molecule has 26 heavy (non-hydrogen) atoms. The molecule has 12 atom stereocenters. The zero-order valence-electron chi connectivity index (χ0n) is 16.0. The van der Waals surface area contributed by atoms with E-state index in [0.717, 1.165) is 59.2 Å². The molecule has 0 spiro atoms. The monoisotopic (exact) mass is 347 g/mol. The molecule has 0 N–H and O–H groups in total. The second-order valence-corrected chi connectivity index (χ2v) is 11.0. The molecule has 137 valence electrons. The fourth-order valence-corrected chi connectivity index (χ4v) is 9.67. The predicted molar refractivity (Wildman–Crippen MR) is 99.0 cm³/mol. The largest absolute Gasteiger partial charge is 0.198 e. The van der Waals surface area contributed by atoms with E-state index < -0.39 is 0 Å². The number of nitriles is 2. The van der Waals surface area contributed by atoms with Crippen LogP contribution in [0.2, 0.25) is 0 Å². The van der Waals surface area contributed by atoms with Crippen LogP contribution in [0.15, 0.2) is 0 Å². The van der Waals surface area contributed by atoms with Crippen molar-refractivity contribution in [2.75, 3.05) is 0 Å². The Labute approximate surface area is 158 Å². The molecule has 0 amide bonds. The molecule has 0 aliphatic heterocycles. The van der Waals surface area contributed by atoms with E-state index in [2.05, 4.69) is 19.1 Å². The van der Waals surface area contributed by atoms with E-state index in [4.69, 9.17) is 0 Å². The minimum atomic E-state index is 0.360. The molecule has 6 aliphatic carbocycles. The second kappa shape index (κ2) is 5.50. The van der Waals surface area contributed by atoms with Crippen LogP contribution in [0.3, 0.4) is 0 Å². The van der Waals surface area contributed by atoms with Crippen LogP contribution in [-0.2, 0) is 0 Å². The van der Waals surface area contributed by atoms with E-state index in [1.54, 1.807) is 0 Å². The van der Waals surface area contributed by atoms with Crippen molar-refractivity contribution in [2.45, 2.75) is 58.3 Å². The highest BCUT2D eigenvalue weighted by molar-refractivity contribution is 5.19. The molecule has 6 fully saturated rings. The SMILES string of the molecule is C[C](C1CC2CC1C1CC(C#N)CC21)C1CC2CC1C1CC(C#N)CC21. The summed E-state index contributed by atoms with van der Waals surface area (Å²) in [5, 5.41) is 18.8. The lowest BCUT2D eigenvalue weighted by molar-refractivity contribution is 0.141. The van der Waals surface area contributed by atoms with Gasteiger partial charge in [0, 0.05) is 11.8 Å². The molecule has 4 bridgehead atoms. The van der Waals surface area contributed by atoms with Crippen molar-refractivity contribution in [3.05, 3.63) is 5.92 Å². The van der Waals surface area contributed by atoms with Crippen molar-refractivity contribution in [1.82, 2.24) is 0 Å². The first-order valence-electron chi connectivity index (χ1n) is 11.3. The molecule has 2 heteroatoms. The molecule has 12 unspecified atom stereocenters. The topological polar surface area (TPSA) is 47.6 Å². The molecule has 0 aromatic rings. The van der Waals surface area contributed by atoms with Crippen LogP contribution in [0.1, 0.15) is 58.3 Å². The van der Waals surface area contributed by atoms with Crippen LogP contribution in [0, 0.1) is 99.6 Å². The Hall–Kier alpha value is -1.02. The van der Waals surface area contributed by atoms with Gasteiger partial charge in [-0.05, 0) is 116 Å². The van der Waals surface area contributed by atoms with Gasteiger partial charge < -0.3 is 0 Å². The molecule has 0 heterocycles. The molecule has 0 aromatic carbocycles. The first kappa shape index (κ1) is 16.0. The first-order valence-corrected chi connectivity index (χ1v) is 11.3. The minimum Gasteiger partial charge on any atom is -0.198 e. The molecule has 1 radical (unpaired) electrons. The average molecular weight is 348 g/mol. The van der Waals surface area contributed by atoms with Gasteiger partial charge in [-0.1, -0.05) is 6.92 Å². The number of hydrogen-bond acceptors (Lipinski definition) is 2. The molecular formula is C24H31N2. The minimum absolute atomic E-state index is 0.360. The quantitative estimate of drug-likeness (QED) is 0.687. The third-order valence-corrected chi connectivity index (χ3v) is 10.5. The van der Waals surface area contributed by atoms with Gasteiger partial charge in [0.25, 0.3) is 0 Å². The van der Waals surface area contributed by atoms with Gasteiger partial charge in [-0.2, -0.15) is 10.5 Å². The van der Waals surface area contributed by atoms with Crippen molar-refractivity contribution in [2.24, 2.45) is 71.0 Å². The zero-order valence-corrected chi connectivity index (χ0v) is 16.0. The lowest BCUT2D eigenvalue weighted by Gasteiger charge is -2.41. The van der Waals surface area contributed by atoms with E-state index in [1.165, 1.54) is 51.4 Å². The van der Waals surface area contributed by atoms with Crippen molar-refractivity contribution >= 4 is 0 Å². The Morgan fingerprint density at radius 3 is 1.42 bits per heavy atom. The van der Waals surface area contributed by atoms with Crippen LogP contribution in [-0.4, -0.2) is 0 Å². The summed E-state index contributed by atoms with van der Waals surface area (Å²) in [4.78, 5) is 0. The van der Waals surface area contributed by atoms with E-state index in [-0.39, 0.29) is 0 Å². The summed E-state index contributed by atoms with van der Waals surface area (Å²) in [6.07, 6.45) is 10.7. The van der Waals surface area contributed by atoms with E-state index >= 15 is 0 Å². The predicted octanol–water partition coefficient (Wildman–Crippen LogP) is 5.22. The molecule has 6 aliphatic rings. The Morgan fingerprint density at radius 1 is 0.577 bits per heavy atom. The van der Waals surface area contributed by atoms with Gasteiger partial charge in [0.2, 0.25) is 0 Å². The lowest BCUT2D eigenvalue weighted by atomic mass is 9.63. The van der Waals surface area contributed by atoms with Gasteiger partial charge in [0.05, 0.1) is 12.1 Å². The second-order valence-electron chi connectivity index (χ2n) is 11.0. The lowest BCUT2D eigenvalue weighted by Crippen LogP contribution is -2.35. The Balaban J connectivity index is 1.18. The molecule has 6 saturated carbocycles. The molecule has 0 aromatic heterocycles. The number of fused-ring (bicyclic) bond motifs is 10. The van der Waals surface area contributed by atoms with Gasteiger partial charge in [-0.15, -0.1) is 0 Å². The van der Waals surface area contributed by atoms with E-state index in [0.29, 0.717) is 11.8 Å². The number of hydrogen-bond donors (Lipinski definition) is 0. The highest BCUT2D eigenvalue weighted by Crippen LogP contribution is 2.68. The smallest absolute Gasteiger partial charge is 0.0656 e. The van der Waals surface area contributed by atoms with E-state index in [9.17, 15) is 10.5 Å². The standard InChI is InChI=1S/C24H31N2/c1-12(17-6-15-8-23(17)21-4-13(10-25)2-19(15)21)18-7-16-9-24(18)22-5-14(11-26)3-20(16)22/h13-24H,2-9H2,1H3. The Morgan fingerprint density at radius 2 is 1.00 bits per heavy atom. The molecule has 0 saturated heterocycles. The van der Waals surface area contributed by atoms with Crippen LogP contribution in [0.5, 0.6) is 0 Å². The van der Waals surface area contributed by atoms with Gasteiger partial charge in [0.15, 0.2) is 0 Å².